The van der Waals surface area contributed by atoms with Crippen molar-refractivity contribution in [1.82, 2.24) is 9.55 Å². The molecule has 1 aromatic heterocycles. The number of nitrogens with zero attached hydrogens (tertiary/aromatic N) is 2. The minimum Gasteiger partial charge on any atom is -0.334 e. The number of imidazole rings is 1. The van der Waals surface area contributed by atoms with Gasteiger partial charge in [0.25, 0.3) is 0 Å². The normalized spacial score (nSPS) is 26.3. The van der Waals surface area contributed by atoms with Crippen molar-refractivity contribution in [3.05, 3.63) is 18.2 Å². The molecule has 72 valence electrons. The van der Waals surface area contributed by atoms with E-state index in [1.165, 1.54) is 18.5 Å². The van der Waals surface area contributed by atoms with Gasteiger partial charge in [-0.05, 0) is 25.3 Å². The molecule has 2 atom stereocenters. The van der Waals surface area contributed by atoms with Crippen LogP contribution < -0.4 is 5.73 Å². The Labute approximate surface area is 79.0 Å². The lowest BCUT2D eigenvalue weighted by molar-refractivity contribution is 0.636. The highest BCUT2D eigenvalue weighted by molar-refractivity contribution is 5.16. The highest BCUT2D eigenvalue weighted by atomic mass is 15.1. The third-order valence-electron chi connectivity index (χ3n) is 2.81. The maximum absolute atomic E-state index is 5.62. The zero-order valence-corrected chi connectivity index (χ0v) is 8.11. The van der Waals surface area contributed by atoms with Gasteiger partial charge in [0.15, 0.2) is 0 Å². The molecular weight excluding hydrogens is 162 g/mol. The van der Waals surface area contributed by atoms with Gasteiger partial charge in [0, 0.05) is 24.4 Å². The van der Waals surface area contributed by atoms with Crippen molar-refractivity contribution in [2.24, 2.45) is 11.7 Å². The summed E-state index contributed by atoms with van der Waals surface area (Å²) in [5.74, 6) is 1.41. The molecule has 3 heteroatoms. The summed E-state index contributed by atoms with van der Waals surface area (Å²) in [6.45, 7) is 4.10. The van der Waals surface area contributed by atoms with Gasteiger partial charge in [-0.15, -0.1) is 0 Å². The van der Waals surface area contributed by atoms with E-state index in [-0.39, 0.29) is 0 Å². The van der Waals surface area contributed by atoms with Crippen LogP contribution in [0.25, 0.3) is 0 Å². The van der Waals surface area contributed by atoms with Gasteiger partial charge in [0.1, 0.15) is 0 Å². The van der Waals surface area contributed by atoms with Crippen molar-refractivity contribution >= 4 is 0 Å². The number of aromatic nitrogens is 2. The third kappa shape index (κ3) is 1.61. The van der Waals surface area contributed by atoms with E-state index in [2.05, 4.69) is 16.5 Å². The van der Waals surface area contributed by atoms with E-state index < -0.39 is 0 Å². The van der Waals surface area contributed by atoms with E-state index in [9.17, 15) is 0 Å². The Morgan fingerprint density at radius 1 is 1.69 bits per heavy atom. The Balaban J connectivity index is 2.07. The SMILES string of the molecule is CCCn1cncc1C1CC1CN. The first-order chi connectivity index (χ1) is 6.36. The largest absolute Gasteiger partial charge is 0.334 e. The van der Waals surface area contributed by atoms with E-state index in [4.69, 9.17) is 5.73 Å². The van der Waals surface area contributed by atoms with E-state index in [0.717, 1.165) is 13.1 Å². The Morgan fingerprint density at radius 2 is 2.54 bits per heavy atom. The van der Waals surface area contributed by atoms with Crippen LogP contribution in [0.5, 0.6) is 0 Å². The van der Waals surface area contributed by atoms with Crippen LogP contribution in [0, 0.1) is 5.92 Å². The van der Waals surface area contributed by atoms with Crippen LogP contribution in [-0.2, 0) is 6.54 Å². The molecule has 1 aliphatic rings. The van der Waals surface area contributed by atoms with Crippen molar-refractivity contribution < 1.29 is 0 Å². The number of aryl methyl sites for hydroxylation is 1. The van der Waals surface area contributed by atoms with Crippen molar-refractivity contribution in [3.63, 3.8) is 0 Å². The predicted molar refractivity (Wildman–Crippen MR) is 52.4 cm³/mol. The number of rotatable bonds is 4. The molecule has 0 amide bonds. The van der Waals surface area contributed by atoms with Crippen LogP contribution in [0.1, 0.15) is 31.4 Å². The average Bonchev–Trinajstić information content (AvgIpc) is 2.79. The molecule has 2 rings (SSSR count). The van der Waals surface area contributed by atoms with Crippen LogP contribution >= 0.6 is 0 Å². The highest BCUT2D eigenvalue weighted by Gasteiger charge is 2.38. The Morgan fingerprint density at radius 3 is 3.15 bits per heavy atom. The molecule has 2 unspecified atom stereocenters. The van der Waals surface area contributed by atoms with Crippen molar-refractivity contribution in [2.45, 2.75) is 32.2 Å². The van der Waals surface area contributed by atoms with Crippen LogP contribution in [0.3, 0.4) is 0 Å². The molecule has 0 bridgehead atoms. The molecule has 3 nitrogen and oxygen atoms in total. The molecule has 1 aromatic rings. The van der Waals surface area contributed by atoms with Gasteiger partial charge >= 0.3 is 0 Å². The molecule has 0 saturated heterocycles. The van der Waals surface area contributed by atoms with Crippen LogP contribution in [0.15, 0.2) is 12.5 Å². The van der Waals surface area contributed by atoms with E-state index in [1.54, 1.807) is 0 Å². The minimum atomic E-state index is 0.694. The monoisotopic (exact) mass is 179 g/mol. The summed E-state index contributed by atoms with van der Waals surface area (Å²) in [5.41, 5.74) is 7.01. The quantitative estimate of drug-likeness (QED) is 0.758. The van der Waals surface area contributed by atoms with E-state index in [0.29, 0.717) is 11.8 Å². The second kappa shape index (κ2) is 3.50. The maximum Gasteiger partial charge on any atom is 0.0948 e. The average molecular weight is 179 g/mol. The molecule has 0 aliphatic heterocycles. The van der Waals surface area contributed by atoms with Gasteiger partial charge in [-0.1, -0.05) is 6.92 Å². The van der Waals surface area contributed by atoms with Crippen LogP contribution in [-0.4, -0.2) is 16.1 Å². The minimum absolute atomic E-state index is 0.694. The standard InChI is InChI=1S/C10H17N3/c1-2-3-13-7-12-6-10(13)9-4-8(9)5-11/h6-9H,2-5,11H2,1H3. The van der Waals surface area contributed by atoms with Crippen LogP contribution in [0.2, 0.25) is 0 Å². The fourth-order valence-electron chi connectivity index (χ4n) is 1.94. The van der Waals surface area contributed by atoms with Crippen molar-refractivity contribution in [2.75, 3.05) is 6.54 Å². The molecule has 2 N–H and O–H groups in total. The van der Waals surface area contributed by atoms with Crippen molar-refractivity contribution in [3.8, 4) is 0 Å². The summed E-state index contributed by atoms with van der Waals surface area (Å²) in [5, 5.41) is 0. The highest BCUT2D eigenvalue weighted by Crippen LogP contribution is 2.46. The fourth-order valence-corrected chi connectivity index (χ4v) is 1.94. The second-order valence-corrected chi connectivity index (χ2v) is 3.85. The van der Waals surface area contributed by atoms with Crippen LogP contribution in [0.4, 0.5) is 0 Å². The van der Waals surface area contributed by atoms with E-state index in [1.807, 2.05) is 12.5 Å². The summed E-state index contributed by atoms with van der Waals surface area (Å²) in [4.78, 5) is 4.19. The number of hydrogen-bond donors (Lipinski definition) is 1. The van der Waals surface area contributed by atoms with Gasteiger partial charge in [-0.25, -0.2) is 4.98 Å². The zero-order valence-electron chi connectivity index (χ0n) is 8.11. The first kappa shape index (κ1) is 8.75. The smallest absolute Gasteiger partial charge is 0.0948 e. The molecule has 1 aliphatic carbocycles. The third-order valence-corrected chi connectivity index (χ3v) is 2.81. The Kier molecular flexibility index (Phi) is 2.36. The Bertz CT molecular complexity index is 279. The topological polar surface area (TPSA) is 43.8 Å². The molecule has 1 heterocycles. The summed E-state index contributed by atoms with van der Waals surface area (Å²) in [7, 11) is 0. The predicted octanol–water partition coefficient (Wildman–Crippen LogP) is 1.36. The zero-order chi connectivity index (χ0) is 9.26. The summed E-state index contributed by atoms with van der Waals surface area (Å²) < 4.78 is 2.26. The maximum atomic E-state index is 5.62. The molecule has 13 heavy (non-hydrogen) atoms. The summed E-state index contributed by atoms with van der Waals surface area (Å²) in [6.07, 6.45) is 6.36. The second-order valence-electron chi connectivity index (χ2n) is 3.85. The molecule has 1 saturated carbocycles. The Hall–Kier alpha value is -0.830. The molecule has 1 fully saturated rings. The first-order valence-electron chi connectivity index (χ1n) is 5.07. The molecule has 0 aromatic carbocycles. The first-order valence-corrected chi connectivity index (χ1v) is 5.07. The fraction of sp³-hybridized carbons (Fsp3) is 0.700. The van der Waals surface area contributed by atoms with Gasteiger partial charge < -0.3 is 10.3 Å². The van der Waals surface area contributed by atoms with E-state index >= 15 is 0 Å². The number of nitrogens with two attached hydrogens (primary N) is 1. The molecule has 0 radical (unpaired) electrons. The molecule has 0 spiro atoms. The van der Waals surface area contributed by atoms with Gasteiger partial charge in [0.2, 0.25) is 0 Å². The van der Waals surface area contributed by atoms with Gasteiger partial charge in [0.05, 0.1) is 6.33 Å². The molecular formula is C10H17N3. The summed E-state index contributed by atoms with van der Waals surface area (Å²) in [6, 6.07) is 0. The number of hydrogen-bond acceptors (Lipinski definition) is 2. The summed E-state index contributed by atoms with van der Waals surface area (Å²) >= 11 is 0. The lowest BCUT2D eigenvalue weighted by Gasteiger charge is -2.04. The van der Waals surface area contributed by atoms with Gasteiger partial charge in [-0.2, -0.15) is 0 Å². The lowest BCUT2D eigenvalue weighted by Crippen LogP contribution is -2.05. The van der Waals surface area contributed by atoms with Crippen molar-refractivity contribution in [1.29, 1.82) is 0 Å². The van der Waals surface area contributed by atoms with Gasteiger partial charge in [-0.3, -0.25) is 0 Å². The lowest BCUT2D eigenvalue weighted by atomic mass is 10.2.